The topological polar surface area (TPSA) is 35.2 Å². The molecular weight excluding hydrogens is 198 g/mol. The Morgan fingerprint density at radius 3 is 2.56 bits per heavy atom. The van der Waals surface area contributed by atoms with Crippen molar-refractivity contribution in [2.75, 3.05) is 7.11 Å². The lowest BCUT2D eigenvalue weighted by atomic mass is 9.86. The summed E-state index contributed by atoms with van der Waals surface area (Å²) in [6.45, 7) is 4.43. The number of benzene rings is 1. The van der Waals surface area contributed by atoms with Crippen molar-refractivity contribution >= 4 is 0 Å². The van der Waals surface area contributed by atoms with Crippen LogP contribution in [0.1, 0.15) is 36.8 Å². The average molecular weight is 219 g/mol. The Hall–Kier alpha value is -1.02. The molecule has 2 heteroatoms. The molecule has 0 aromatic heterocycles. The van der Waals surface area contributed by atoms with Gasteiger partial charge in [0.1, 0.15) is 5.75 Å². The number of methoxy groups -OCH3 is 1. The van der Waals surface area contributed by atoms with Crippen molar-refractivity contribution in [2.45, 2.75) is 38.6 Å². The van der Waals surface area contributed by atoms with Gasteiger partial charge < -0.3 is 10.5 Å². The molecule has 0 amide bonds. The van der Waals surface area contributed by atoms with Crippen LogP contribution in [-0.2, 0) is 0 Å². The van der Waals surface area contributed by atoms with E-state index in [4.69, 9.17) is 10.5 Å². The number of hydrogen-bond acceptors (Lipinski definition) is 2. The lowest BCUT2D eigenvalue weighted by molar-refractivity contribution is 0.413. The molecule has 1 aromatic carbocycles. The van der Waals surface area contributed by atoms with Gasteiger partial charge >= 0.3 is 0 Å². The van der Waals surface area contributed by atoms with Gasteiger partial charge in [0.05, 0.1) is 7.11 Å². The van der Waals surface area contributed by atoms with Crippen LogP contribution in [-0.4, -0.2) is 13.2 Å². The Morgan fingerprint density at radius 1 is 1.31 bits per heavy atom. The van der Waals surface area contributed by atoms with Crippen molar-refractivity contribution in [2.24, 2.45) is 11.7 Å². The van der Waals surface area contributed by atoms with Crippen LogP contribution in [0, 0.1) is 12.8 Å². The molecule has 3 unspecified atom stereocenters. The highest BCUT2D eigenvalue weighted by atomic mass is 16.5. The van der Waals surface area contributed by atoms with Crippen LogP contribution in [0.5, 0.6) is 5.75 Å². The van der Waals surface area contributed by atoms with Crippen molar-refractivity contribution in [3.8, 4) is 5.75 Å². The molecule has 0 heterocycles. The van der Waals surface area contributed by atoms with Crippen molar-refractivity contribution in [1.82, 2.24) is 0 Å². The fourth-order valence-electron chi connectivity index (χ4n) is 2.83. The first-order valence-electron chi connectivity index (χ1n) is 6.03. The molecule has 1 saturated carbocycles. The summed E-state index contributed by atoms with van der Waals surface area (Å²) in [5, 5.41) is 0. The molecule has 2 nitrogen and oxygen atoms in total. The third-order valence-electron chi connectivity index (χ3n) is 4.00. The van der Waals surface area contributed by atoms with Crippen LogP contribution in [0.2, 0.25) is 0 Å². The highest BCUT2D eigenvalue weighted by Gasteiger charge is 2.31. The van der Waals surface area contributed by atoms with Crippen molar-refractivity contribution < 1.29 is 4.74 Å². The summed E-state index contributed by atoms with van der Waals surface area (Å²) in [7, 11) is 1.71. The largest absolute Gasteiger partial charge is 0.497 e. The molecule has 0 radical (unpaired) electrons. The molecule has 88 valence electrons. The van der Waals surface area contributed by atoms with Crippen molar-refractivity contribution in [3.63, 3.8) is 0 Å². The number of nitrogens with two attached hydrogens (primary N) is 1. The first-order valence-corrected chi connectivity index (χ1v) is 6.03. The second-order valence-corrected chi connectivity index (χ2v) is 4.93. The SMILES string of the molecule is COc1ccc(C2CCC(N)C2C)c(C)c1. The highest BCUT2D eigenvalue weighted by Crippen LogP contribution is 2.40. The van der Waals surface area contributed by atoms with E-state index in [1.807, 2.05) is 0 Å². The fourth-order valence-corrected chi connectivity index (χ4v) is 2.83. The maximum absolute atomic E-state index is 6.09. The minimum absolute atomic E-state index is 0.367. The maximum Gasteiger partial charge on any atom is 0.119 e. The van der Waals surface area contributed by atoms with E-state index in [1.165, 1.54) is 17.5 Å². The third-order valence-corrected chi connectivity index (χ3v) is 4.00. The summed E-state index contributed by atoms with van der Waals surface area (Å²) >= 11 is 0. The normalized spacial score (nSPS) is 29.4. The van der Waals surface area contributed by atoms with E-state index < -0.39 is 0 Å². The number of rotatable bonds is 2. The second kappa shape index (κ2) is 4.46. The van der Waals surface area contributed by atoms with Crippen molar-refractivity contribution in [1.29, 1.82) is 0 Å². The van der Waals surface area contributed by atoms with Gasteiger partial charge in [0.25, 0.3) is 0 Å². The minimum atomic E-state index is 0.367. The van der Waals surface area contributed by atoms with Crippen LogP contribution in [0.3, 0.4) is 0 Å². The predicted molar refractivity (Wildman–Crippen MR) is 66.8 cm³/mol. The van der Waals surface area contributed by atoms with E-state index in [0.29, 0.717) is 17.9 Å². The van der Waals surface area contributed by atoms with E-state index in [2.05, 4.69) is 32.0 Å². The van der Waals surface area contributed by atoms with Gasteiger partial charge in [0, 0.05) is 6.04 Å². The molecule has 2 N–H and O–H groups in total. The van der Waals surface area contributed by atoms with Crippen LogP contribution in [0.15, 0.2) is 18.2 Å². The van der Waals surface area contributed by atoms with Gasteiger partial charge in [0.15, 0.2) is 0 Å². The monoisotopic (exact) mass is 219 g/mol. The summed E-state index contributed by atoms with van der Waals surface area (Å²) in [6.07, 6.45) is 2.37. The molecule has 1 aliphatic rings. The van der Waals surface area contributed by atoms with E-state index in [1.54, 1.807) is 7.11 Å². The van der Waals surface area contributed by atoms with Gasteiger partial charge in [-0.25, -0.2) is 0 Å². The molecule has 0 aliphatic heterocycles. The molecule has 16 heavy (non-hydrogen) atoms. The summed E-state index contributed by atoms with van der Waals surface area (Å²) in [4.78, 5) is 0. The van der Waals surface area contributed by atoms with Gasteiger partial charge in [-0.3, -0.25) is 0 Å². The summed E-state index contributed by atoms with van der Waals surface area (Å²) in [5.74, 6) is 2.16. The molecular formula is C14H21NO. The van der Waals surface area contributed by atoms with E-state index in [9.17, 15) is 0 Å². The third kappa shape index (κ3) is 1.94. The van der Waals surface area contributed by atoms with Crippen LogP contribution < -0.4 is 10.5 Å². The minimum Gasteiger partial charge on any atom is -0.497 e. The molecule has 3 atom stereocenters. The number of hydrogen-bond donors (Lipinski definition) is 1. The first kappa shape index (κ1) is 11.5. The van der Waals surface area contributed by atoms with Crippen LogP contribution in [0.25, 0.3) is 0 Å². The number of ether oxygens (including phenoxy) is 1. The zero-order valence-electron chi connectivity index (χ0n) is 10.4. The molecule has 1 fully saturated rings. The standard InChI is InChI=1S/C14H21NO/c1-9-8-11(16-3)4-5-12(9)13-6-7-14(15)10(13)2/h4-5,8,10,13-14H,6-7,15H2,1-3H3. The van der Waals surface area contributed by atoms with Gasteiger partial charge in [0.2, 0.25) is 0 Å². The van der Waals surface area contributed by atoms with Gasteiger partial charge in [-0.2, -0.15) is 0 Å². The Bertz CT molecular complexity index is 375. The van der Waals surface area contributed by atoms with E-state index in [0.717, 1.165) is 12.2 Å². The fraction of sp³-hybridized carbons (Fsp3) is 0.571. The lowest BCUT2D eigenvalue weighted by Crippen LogP contribution is -2.24. The van der Waals surface area contributed by atoms with E-state index in [-0.39, 0.29) is 0 Å². The predicted octanol–water partition coefficient (Wildman–Crippen LogP) is 2.84. The average Bonchev–Trinajstić information content (AvgIpc) is 2.60. The molecule has 0 saturated heterocycles. The Labute approximate surface area is 97.8 Å². The van der Waals surface area contributed by atoms with Crippen LogP contribution in [0.4, 0.5) is 0 Å². The zero-order valence-corrected chi connectivity index (χ0v) is 10.4. The zero-order chi connectivity index (χ0) is 11.7. The second-order valence-electron chi connectivity index (χ2n) is 4.93. The quantitative estimate of drug-likeness (QED) is 0.830. The molecule has 1 aromatic rings. The van der Waals surface area contributed by atoms with Crippen molar-refractivity contribution in [3.05, 3.63) is 29.3 Å². The summed E-state index contributed by atoms with van der Waals surface area (Å²) < 4.78 is 5.24. The Morgan fingerprint density at radius 2 is 2.06 bits per heavy atom. The molecule has 2 rings (SSSR count). The molecule has 0 bridgehead atoms. The smallest absolute Gasteiger partial charge is 0.119 e. The summed E-state index contributed by atoms with van der Waals surface area (Å²) in [5.41, 5.74) is 8.86. The Balaban J connectivity index is 2.27. The summed E-state index contributed by atoms with van der Waals surface area (Å²) in [6, 6.07) is 6.74. The number of aryl methyl sites for hydroxylation is 1. The molecule has 1 aliphatic carbocycles. The van der Waals surface area contributed by atoms with E-state index >= 15 is 0 Å². The maximum atomic E-state index is 6.09. The Kier molecular flexibility index (Phi) is 3.20. The highest BCUT2D eigenvalue weighted by molar-refractivity contribution is 5.37. The van der Waals surface area contributed by atoms with Gasteiger partial charge in [-0.15, -0.1) is 0 Å². The van der Waals surface area contributed by atoms with Gasteiger partial charge in [-0.1, -0.05) is 13.0 Å². The van der Waals surface area contributed by atoms with Crippen LogP contribution >= 0.6 is 0 Å². The van der Waals surface area contributed by atoms with Gasteiger partial charge in [-0.05, 0) is 54.9 Å². The first-order chi connectivity index (χ1) is 7.63. The molecule has 0 spiro atoms. The lowest BCUT2D eigenvalue weighted by Gasteiger charge is -2.20.